The van der Waals surface area contributed by atoms with Gasteiger partial charge in [-0.25, -0.2) is 0 Å². The van der Waals surface area contributed by atoms with Crippen LogP contribution in [-0.4, -0.2) is 39.7 Å². The molecule has 0 saturated heterocycles. The molecule has 1 fully saturated rings. The van der Waals surface area contributed by atoms with Gasteiger partial charge >= 0.3 is 5.97 Å². The Bertz CT molecular complexity index is 1390. The highest BCUT2D eigenvalue weighted by atomic mass is 33.1. The lowest BCUT2D eigenvalue weighted by Gasteiger charge is -2.45. The molecule has 0 aromatic heterocycles. The smallest absolute Gasteiger partial charge is 0.309 e. The fourth-order valence-corrected chi connectivity index (χ4v) is 12.0. The van der Waals surface area contributed by atoms with E-state index in [-0.39, 0.29) is 30.3 Å². The summed E-state index contributed by atoms with van der Waals surface area (Å²) in [4.78, 5) is 12.9. The fraction of sp³-hybridized carbons (Fsp3) is 0.605. The molecule has 0 radical (unpaired) electrons. The van der Waals surface area contributed by atoms with E-state index in [9.17, 15) is 20.1 Å². The second-order valence-electron chi connectivity index (χ2n) is 15.4. The van der Waals surface area contributed by atoms with Gasteiger partial charge in [0.15, 0.2) is 0 Å². The monoisotopic (exact) mass is 719 g/mol. The Kier molecular flexibility index (Phi) is 15.9. The minimum atomic E-state index is -0.956. The molecule has 4 aliphatic rings. The zero-order valence-corrected chi connectivity index (χ0v) is 31.7. The van der Waals surface area contributed by atoms with Crippen LogP contribution >= 0.6 is 21.6 Å². The second-order valence-corrected chi connectivity index (χ2v) is 17.9. The molecule has 8 atom stereocenters. The van der Waals surface area contributed by atoms with Gasteiger partial charge in [-0.1, -0.05) is 127 Å². The molecule has 50 heavy (non-hydrogen) atoms. The van der Waals surface area contributed by atoms with Crippen molar-refractivity contribution in [2.45, 2.75) is 102 Å². The number of hydrogen-bond acceptors (Lipinski definition) is 6. The van der Waals surface area contributed by atoms with Crippen molar-refractivity contribution >= 4 is 27.6 Å². The van der Waals surface area contributed by atoms with Crippen molar-refractivity contribution in [2.24, 2.45) is 53.1 Å². The zero-order chi connectivity index (χ0) is 35.3. The van der Waals surface area contributed by atoms with Gasteiger partial charge in [-0.15, -0.1) is 0 Å². The number of hydrogen-bond donors (Lipinski definition) is 4. The van der Waals surface area contributed by atoms with E-state index < -0.39 is 18.0 Å². The zero-order valence-electron chi connectivity index (χ0n) is 30.1. The third kappa shape index (κ3) is 11.0. The summed E-state index contributed by atoms with van der Waals surface area (Å²) < 4.78 is 0. The second kappa shape index (κ2) is 20.3. The summed E-state index contributed by atoms with van der Waals surface area (Å²) in [5.41, 5.74) is 11.1. The lowest BCUT2D eigenvalue weighted by molar-refractivity contribution is -0.151. The van der Waals surface area contributed by atoms with Crippen LogP contribution in [0.4, 0.5) is 0 Å². The van der Waals surface area contributed by atoms with Gasteiger partial charge in [0.25, 0.3) is 0 Å². The molecular weight excluding hydrogens is 659 g/mol. The van der Waals surface area contributed by atoms with Crippen LogP contribution in [0, 0.1) is 47.3 Å². The lowest BCUT2D eigenvalue weighted by atomic mass is 9.60. The number of benzene rings is 2. The molecule has 5 nitrogen and oxygen atoms in total. The van der Waals surface area contributed by atoms with Crippen molar-refractivity contribution in [3.63, 3.8) is 0 Å². The van der Waals surface area contributed by atoms with Crippen LogP contribution in [0.1, 0.15) is 93.4 Å². The van der Waals surface area contributed by atoms with Crippen LogP contribution in [0.15, 0.2) is 72.8 Å². The van der Waals surface area contributed by atoms with Crippen LogP contribution in [0.3, 0.4) is 0 Å². The van der Waals surface area contributed by atoms with Crippen molar-refractivity contribution < 1.29 is 20.1 Å². The number of aliphatic hydroxyl groups is 2. The molecule has 8 unspecified atom stereocenters. The van der Waals surface area contributed by atoms with E-state index in [1.54, 1.807) is 6.92 Å². The predicted octanol–water partition coefficient (Wildman–Crippen LogP) is 9.25. The molecule has 5 N–H and O–H groups in total. The summed E-state index contributed by atoms with van der Waals surface area (Å²) in [7, 11) is 3.92. The lowest BCUT2D eigenvalue weighted by Crippen LogP contribution is -2.46. The fourth-order valence-electron chi connectivity index (χ4n) is 9.38. The summed E-state index contributed by atoms with van der Waals surface area (Å²) in [6.45, 7) is 2.19. The summed E-state index contributed by atoms with van der Waals surface area (Å²) in [6.07, 6.45) is 22.4. The SMILES string of the molecule is CC(O)C(C(=O)O)C1C2C=CC(CC(CC=CCCC3CCCCC3)C(Cc3cccc(CO)c3)CSSCc3ccccc3C2)C1CCN. The first kappa shape index (κ1) is 39.2. The highest BCUT2D eigenvalue weighted by Gasteiger charge is 2.46. The Morgan fingerprint density at radius 3 is 2.44 bits per heavy atom. The number of rotatable bonds is 13. The minimum Gasteiger partial charge on any atom is -0.481 e. The van der Waals surface area contributed by atoms with Crippen molar-refractivity contribution in [1.82, 2.24) is 0 Å². The van der Waals surface area contributed by atoms with Crippen LogP contribution < -0.4 is 5.73 Å². The molecule has 7 heteroatoms. The maximum absolute atomic E-state index is 12.9. The van der Waals surface area contributed by atoms with Crippen LogP contribution in [0.5, 0.6) is 0 Å². The Labute approximate surface area is 309 Å². The van der Waals surface area contributed by atoms with E-state index in [1.165, 1.54) is 55.2 Å². The number of carbonyl (C=O) groups is 1. The predicted molar refractivity (Wildman–Crippen MR) is 211 cm³/mol. The first-order valence-corrected chi connectivity index (χ1v) is 21.8. The molecule has 2 heterocycles. The highest BCUT2D eigenvalue weighted by molar-refractivity contribution is 8.76. The van der Waals surface area contributed by atoms with E-state index in [0.717, 1.165) is 61.5 Å². The first-order valence-electron chi connectivity index (χ1n) is 19.3. The molecule has 2 aromatic rings. The molecule has 2 aromatic carbocycles. The Morgan fingerprint density at radius 1 is 0.940 bits per heavy atom. The van der Waals surface area contributed by atoms with E-state index in [0.29, 0.717) is 18.4 Å². The maximum atomic E-state index is 12.9. The third-order valence-electron chi connectivity index (χ3n) is 12.0. The third-order valence-corrected chi connectivity index (χ3v) is 14.4. The largest absolute Gasteiger partial charge is 0.481 e. The molecule has 0 spiro atoms. The summed E-state index contributed by atoms with van der Waals surface area (Å²) >= 11 is 0. The van der Waals surface area contributed by atoms with E-state index in [2.05, 4.69) is 66.8 Å². The number of aliphatic carboxylic acids is 1. The van der Waals surface area contributed by atoms with E-state index in [4.69, 9.17) is 5.73 Å². The molecule has 2 aliphatic carbocycles. The Balaban J connectivity index is 1.50. The van der Waals surface area contributed by atoms with Crippen molar-refractivity contribution in [3.8, 4) is 0 Å². The van der Waals surface area contributed by atoms with Gasteiger partial charge < -0.3 is 21.1 Å². The van der Waals surface area contributed by atoms with Crippen molar-refractivity contribution in [3.05, 3.63) is 95.1 Å². The summed E-state index contributed by atoms with van der Waals surface area (Å²) in [5, 5.41) is 31.5. The average molecular weight is 720 g/mol. The normalized spacial score (nSPS) is 27.8. The standard InChI is InChI=1S/C43H61NO4S2/c1-30(46)41(43(47)48)42-37-20-19-36(40(42)21-22-44)25-35(16-7-3-6-13-31-11-4-2-5-12-31)39(24-32-14-10-15-33(23-32)27-45)29-50-49-28-38-18-9-8-17-34(38)26-37/h3,7-10,14-15,17-20,23,30-31,35-37,39-42,45-46H,2,4-6,11-13,16,21-22,24-29,44H2,1H3,(H,47,48). The topological polar surface area (TPSA) is 104 Å². The summed E-state index contributed by atoms with van der Waals surface area (Å²) in [6, 6.07) is 17.0. The van der Waals surface area contributed by atoms with Gasteiger partial charge in [-0.2, -0.15) is 0 Å². The maximum Gasteiger partial charge on any atom is 0.309 e. The summed E-state index contributed by atoms with van der Waals surface area (Å²) in [5.74, 6) is 1.86. The molecule has 1 saturated carbocycles. The quantitative estimate of drug-likeness (QED) is 0.121. The molecule has 0 amide bonds. The first-order chi connectivity index (χ1) is 24.4. The molecule has 2 aliphatic heterocycles. The van der Waals surface area contributed by atoms with Gasteiger partial charge in [0.2, 0.25) is 0 Å². The molecule has 2 bridgehead atoms. The highest BCUT2D eigenvalue weighted by Crippen LogP contribution is 2.48. The number of nitrogens with two attached hydrogens (primary N) is 1. The number of fused-ring (bicyclic) bond motifs is 7. The minimum absolute atomic E-state index is 0.00963. The van der Waals surface area contributed by atoms with Crippen molar-refractivity contribution in [2.75, 3.05) is 12.3 Å². The molecule has 274 valence electrons. The van der Waals surface area contributed by atoms with Crippen LogP contribution in [-0.2, 0) is 30.0 Å². The van der Waals surface area contributed by atoms with E-state index >= 15 is 0 Å². The van der Waals surface area contributed by atoms with Crippen LogP contribution in [0.2, 0.25) is 0 Å². The molecular formula is C43H61NO4S2. The van der Waals surface area contributed by atoms with Gasteiger partial charge in [-0.3, -0.25) is 4.79 Å². The molecule has 6 rings (SSSR count). The van der Waals surface area contributed by atoms with Crippen LogP contribution in [0.25, 0.3) is 0 Å². The average Bonchev–Trinajstić information content (AvgIpc) is 3.11. The van der Waals surface area contributed by atoms with E-state index in [1.807, 2.05) is 27.7 Å². The number of aliphatic hydroxyl groups excluding tert-OH is 2. The van der Waals surface area contributed by atoms with Gasteiger partial charge in [0.1, 0.15) is 0 Å². The Morgan fingerprint density at radius 2 is 1.70 bits per heavy atom. The number of carboxylic acid groups (broad SMARTS) is 1. The number of allylic oxidation sites excluding steroid dienone is 4. The van der Waals surface area contributed by atoms with Gasteiger partial charge in [-0.05, 0) is 122 Å². The van der Waals surface area contributed by atoms with Gasteiger partial charge in [0, 0.05) is 11.5 Å². The Hall–Kier alpha value is -2.03. The van der Waals surface area contributed by atoms with Crippen molar-refractivity contribution in [1.29, 1.82) is 0 Å². The number of carboxylic acids is 1. The van der Waals surface area contributed by atoms with Gasteiger partial charge in [0.05, 0.1) is 18.6 Å².